The van der Waals surface area contributed by atoms with Crippen molar-refractivity contribution >= 4 is 28.4 Å². The zero-order valence-corrected chi connectivity index (χ0v) is 9.57. The van der Waals surface area contributed by atoms with Gasteiger partial charge >= 0.3 is 0 Å². The fourth-order valence-corrected chi connectivity index (χ4v) is 1.70. The van der Waals surface area contributed by atoms with Gasteiger partial charge < -0.3 is 9.64 Å². The van der Waals surface area contributed by atoms with Crippen molar-refractivity contribution in [3.8, 4) is 0 Å². The summed E-state index contributed by atoms with van der Waals surface area (Å²) >= 11 is 1.97. The third-order valence-electron chi connectivity index (χ3n) is 2.01. The number of ether oxygens (including phenoxy) is 1. The maximum atomic E-state index is 13.3. The Bertz CT molecular complexity index is 330. The third kappa shape index (κ3) is 2.11. The van der Waals surface area contributed by atoms with Crippen molar-refractivity contribution in [3.05, 3.63) is 15.8 Å². The van der Waals surface area contributed by atoms with Crippen molar-refractivity contribution < 1.29 is 9.13 Å². The third-order valence-corrected chi connectivity index (χ3v) is 2.53. The molecule has 0 spiro atoms. The van der Waals surface area contributed by atoms with Gasteiger partial charge in [-0.1, -0.05) is 0 Å². The lowest BCUT2D eigenvalue weighted by Crippen LogP contribution is -2.37. The highest BCUT2D eigenvalue weighted by Gasteiger charge is 2.16. The Morgan fingerprint density at radius 3 is 2.86 bits per heavy atom. The summed E-state index contributed by atoms with van der Waals surface area (Å²) in [6, 6.07) is 0. The van der Waals surface area contributed by atoms with Crippen molar-refractivity contribution in [2.75, 3.05) is 31.2 Å². The minimum Gasteiger partial charge on any atom is -0.378 e. The fourth-order valence-electron chi connectivity index (χ4n) is 1.33. The zero-order chi connectivity index (χ0) is 9.97. The molecule has 0 N–H and O–H groups in total. The van der Waals surface area contributed by atoms with Gasteiger partial charge in [-0.3, -0.25) is 0 Å². The first kappa shape index (κ1) is 10.0. The summed E-state index contributed by atoms with van der Waals surface area (Å²) in [5.74, 6) is 0.0139. The van der Waals surface area contributed by atoms with Gasteiger partial charge in [-0.15, -0.1) is 0 Å². The maximum absolute atomic E-state index is 13.3. The first-order valence-electron chi connectivity index (χ1n) is 4.28. The van der Waals surface area contributed by atoms with E-state index in [0.29, 0.717) is 36.0 Å². The Kier molecular flexibility index (Phi) is 3.12. The van der Waals surface area contributed by atoms with Gasteiger partial charge in [-0.25, -0.2) is 14.4 Å². The number of nitrogens with zero attached hydrogens (tertiary/aromatic N) is 3. The zero-order valence-electron chi connectivity index (χ0n) is 7.41. The fraction of sp³-hybridized carbons (Fsp3) is 0.500. The number of morpholine rings is 1. The second-order valence-corrected chi connectivity index (χ2v) is 3.87. The average Bonchev–Trinajstić information content (AvgIpc) is 2.23. The number of rotatable bonds is 1. The molecule has 14 heavy (non-hydrogen) atoms. The van der Waals surface area contributed by atoms with Gasteiger partial charge in [0.2, 0.25) is 0 Å². The second kappa shape index (κ2) is 4.35. The normalized spacial score (nSPS) is 17.1. The summed E-state index contributed by atoms with van der Waals surface area (Å²) in [4.78, 5) is 9.72. The van der Waals surface area contributed by atoms with Crippen LogP contribution < -0.4 is 4.90 Å². The molecule has 1 aliphatic rings. The summed E-state index contributed by atoms with van der Waals surface area (Å²) in [6.45, 7) is 2.62. The van der Waals surface area contributed by atoms with E-state index in [1.54, 1.807) is 0 Å². The summed E-state index contributed by atoms with van der Waals surface area (Å²) < 4.78 is 19.1. The van der Waals surface area contributed by atoms with E-state index in [1.807, 2.05) is 27.5 Å². The van der Waals surface area contributed by atoms with Gasteiger partial charge in [0.1, 0.15) is 0 Å². The molecule has 0 saturated carbocycles. The number of anilines is 1. The SMILES string of the molecule is Fc1cnc(I)nc1N1CCOCC1. The monoisotopic (exact) mass is 309 g/mol. The number of hydrogen-bond donors (Lipinski definition) is 0. The Labute approximate surface area is 94.6 Å². The smallest absolute Gasteiger partial charge is 0.192 e. The summed E-state index contributed by atoms with van der Waals surface area (Å²) in [7, 11) is 0. The van der Waals surface area contributed by atoms with E-state index in [9.17, 15) is 4.39 Å². The average molecular weight is 309 g/mol. The highest BCUT2D eigenvalue weighted by molar-refractivity contribution is 14.1. The van der Waals surface area contributed by atoms with Crippen molar-refractivity contribution in [1.82, 2.24) is 9.97 Å². The van der Waals surface area contributed by atoms with Crippen LogP contribution in [0.1, 0.15) is 0 Å². The molecule has 0 aliphatic carbocycles. The minimum atomic E-state index is -0.368. The number of hydrogen-bond acceptors (Lipinski definition) is 4. The Hall–Kier alpha value is -0.500. The van der Waals surface area contributed by atoms with Gasteiger partial charge in [-0.05, 0) is 0 Å². The lowest BCUT2D eigenvalue weighted by atomic mass is 10.4. The molecular formula is C8H9FIN3O. The molecule has 1 aromatic rings. The van der Waals surface area contributed by atoms with Gasteiger partial charge in [0, 0.05) is 35.7 Å². The molecular weight excluding hydrogens is 300 g/mol. The largest absolute Gasteiger partial charge is 0.378 e. The van der Waals surface area contributed by atoms with E-state index in [0.717, 1.165) is 0 Å². The molecule has 6 heteroatoms. The van der Waals surface area contributed by atoms with Crippen LogP contribution in [0.15, 0.2) is 6.20 Å². The number of halogens is 2. The molecule has 0 bridgehead atoms. The van der Waals surface area contributed by atoms with Gasteiger partial charge in [0.05, 0.1) is 19.4 Å². The Balaban J connectivity index is 2.24. The van der Waals surface area contributed by atoms with Crippen molar-refractivity contribution in [3.63, 3.8) is 0 Å². The first-order valence-corrected chi connectivity index (χ1v) is 5.36. The molecule has 4 nitrogen and oxygen atoms in total. The minimum absolute atomic E-state index is 0.368. The quantitative estimate of drug-likeness (QED) is 0.574. The lowest BCUT2D eigenvalue weighted by Gasteiger charge is -2.27. The molecule has 0 radical (unpaired) electrons. The molecule has 76 valence electrons. The molecule has 0 amide bonds. The topological polar surface area (TPSA) is 38.2 Å². The Morgan fingerprint density at radius 1 is 1.43 bits per heavy atom. The highest BCUT2D eigenvalue weighted by Crippen LogP contribution is 2.17. The van der Waals surface area contributed by atoms with E-state index < -0.39 is 0 Å². The van der Waals surface area contributed by atoms with Crippen LogP contribution in [0.25, 0.3) is 0 Å². The molecule has 0 atom stereocenters. The molecule has 0 aromatic carbocycles. The molecule has 1 aromatic heterocycles. The number of aromatic nitrogens is 2. The van der Waals surface area contributed by atoms with Crippen LogP contribution in [-0.4, -0.2) is 36.3 Å². The lowest BCUT2D eigenvalue weighted by molar-refractivity contribution is 0.122. The molecule has 2 rings (SSSR count). The van der Waals surface area contributed by atoms with Crippen molar-refractivity contribution in [2.24, 2.45) is 0 Å². The van der Waals surface area contributed by atoms with Crippen LogP contribution in [0.5, 0.6) is 0 Å². The van der Waals surface area contributed by atoms with Crippen LogP contribution in [0.3, 0.4) is 0 Å². The van der Waals surface area contributed by atoms with E-state index in [1.165, 1.54) is 6.20 Å². The summed E-state index contributed by atoms with van der Waals surface area (Å²) in [5, 5.41) is 0. The van der Waals surface area contributed by atoms with E-state index in [2.05, 4.69) is 9.97 Å². The maximum Gasteiger partial charge on any atom is 0.192 e. The highest BCUT2D eigenvalue weighted by atomic mass is 127. The molecule has 1 fully saturated rings. The molecule has 0 unspecified atom stereocenters. The van der Waals surface area contributed by atoms with Crippen molar-refractivity contribution in [2.45, 2.75) is 0 Å². The van der Waals surface area contributed by atoms with Gasteiger partial charge in [0.15, 0.2) is 15.5 Å². The standard InChI is InChI=1S/C8H9FIN3O/c9-6-5-11-8(10)12-7(6)13-1-3-14-4-2-13/h5H,1-4H2. The van der Waals surface area contributed by atoms with Gasteiger partial charge in [0.25, 0.3) is 0 Å². The van der Waals surface area contributed by atoms with Crippen LogP contribution in [0.4, 0.5) is 10.2 Å². The molecule has 1 saturated heterocycles. The molecule has 2 heterocycles. The predicted molar refractivity (Wildman–Crippen MR) is 57.7 cm³/mol. The molecule has 1 aliphatic heterocycles. The predicted octanol–water partition coefficient (Wildman–Crippen LogP) is 1.06. The summed E-state index contributed by atoms with van der Waals surface area (Å²) in [5.41, 5.74) is 0. The van der Waals surface area contributed by atoms with Crippen LogP contribution in [0.2, 0.25) is 0 Å². The second-order valence-electron chi connectivity index (χ2n) is 2.91. The van der Waals surface area contributed by atoms with Gasteiger partial charge in [-0.2, -0.15) is 0 Å². The summed E-state index contributed by atoms with van der Waals surface area (Å²) in [6.07, 6.45) is 1.21. The Morgan fingerprint density at radius 2 is 2.14 bits per heavy atom. The van der Waals surface area contributed by atoms with Crippen LogP contribution in [0, 0.1) is 9.65 Å². The first-order chi connectivity index (χ1) is 6.77. The van der Waals surface area contributed by atoms with Crippen LogP contribution in [-0.2, 0) is 4.74 Å². The van der Waals surface area contributed by atoms with E-state index >= 15 is 0 Å². The van der Waals surface area contributed by atoms with Crippen molar-refractivity contribution in [1.29, 1.82) is 0 Å². The van der Waals surface area contributed by atoms with E-state index in [4.69, 9.17) is 4.74 Å². The van der Waals surface area contributed by atoms with Crippen LogP contribution >= 0.6 is 22.6 Å². The van der Waals surface area contributed by atoms with E-state index in [-0.39, 0.29) is 5.82 Å².